The number of hydrogen-bond acceptors (Lipinski definition) is 4. The number of nitrogens with one attached hydrogen (secondary N) is 2. The summed E-state index contributed by atoms with van der Waals surface area (Å²) in [6.45, 7) is 3.49. The molecular formula is C21H29N3O2S2. The maximum Gasteiger partial charge on any atom is 0.191 e. The standard InChI is InChI=1S/C21H29N3O2S2/c1-18(27-20-12-7-4-8-13-20)16-24-21(22-2)23-14-9-15-28(25,26)17-19-10-5-3-6-11-19/h3-8,10-13,18H,9,14-17H2,1-2H3,(H2,22,23,24). The Balaban J connectivity index is 1.66. The molecule has 0 heterocycles. The zero-order chi connectivity index (χ0) is 20.2. The Morgan fingerprint density at radius 2 is 1.68 bits per heavy atom. The molecule has 5 nitrogen and oxygen atoms in total. The molecule has 0 aliphatic carbocycles. The first kappa shape index (κ1) is 22.3. The number of hydrogen-bond donors (Lipinski definition) is 2. The first-order chi connectivity index (χ1) is 13.5. The third kappa shape index (κ3) is 8.80. The molecule has 0 aliphatic rings. The van der Waals surface area contributed by atoms with Crippen molar-refractivity contribution in [1.82, 2.24) is 10.6 Å². The quantitative estimate of drug-likeness (QED) is 0.267. The normalized spacial score (nSPS) is 13.1. The van der Waals surface area contributed by atoms with Gasteiger partial charge < -0.3 is 10.6 Å². The summed E-state index contributed by atoms with van der Waals surface area (Å²) in [6.07, 6.45) is 0.546. The minimum Gasteiger partial charge on any atom is -0.356 e. The van der Waals surface area contributed by atoms with Gasteiger partial charge in [0.25, 0.3) is 0 Å². The molecule has 7 heteroatoms. The van der Waals surface area contributed by atoms with Gasteiger partial charge in [0, 0.05) is 30.3 Å². The molecule has 0 saturated heterocycles. The van der Waals surface area contributed by atoms with Crippen LogP contribution >= 0.6 is 11.8 Å². The Morgan fingerprint density at radius 1 is 1.04 bits per heavy atom. The summed E-state index contributed by atoms with van der Waals surface area (Å²) in [4.78, 5) is 5.44. The zero-order valence-corrected chi connectivity index (χ0v) is 18.1. The molecule has 0 saturated carbocycles. The van der Waals surface area contributed by atoms with Crippen LogP contribution in [0, 0.1) is 0 Å². The van der Waals surface area contributed by atoms with Gasteiger partial charge in [-0.1, -0.05) is 55.5 Å². The van der Waals surface area contributed by atoms with Crippen molar-refractivity contribution in [2.75, 3.05) is 25.9 Å². The summed E-state index contributed by atoms with van der Waals surface area (Å²) in [5.74, 6) is 0.947. The van der Waals surface area contributed by atoms with E-state index >= 15 is 0 Å². The number of aliphatic imine (C=N–C) groups is 1. The number of benzene rings is 2. The average molecular weight is 420 g/mol. The van der Waals surface area contributed by atoms with E-state index in [4.69, 9.17) is 0 Å². The lowest BCUT2D eigenvalue weighted by atomic mass is 10.2. The lowest BCUT2D eigenvalue weighted by molar-refractivity contribution is 0.591. The fourth-order valence-electron chi connectivity index (χ4n) is 2.63. The van der Waals surface area contributed by atoms with E-state index in [2.05, 4.69) is 34.7 Å². The molecule has 2 aromatic rings. The zero-order valence-electron chi connectivity index (χ0n) is 16.5. The highest BCUT2D eigenvalue weighted by molar-refractivity contribution is 8.00. The van der Waals surface area contributed by atoms with Crippen molar-refractivity contribution in [2.45, 2.75) is 29.2 Å². The van der Waals surface area contributed by atoms with Crippen molar-refractivity contribution >= 4 is 27.6 Å². The average Bonchev–Trinajstić information content (AvgIpc) is 2.68. The number of nitrogens with zero attached hydrogens (tertiary/aromatic N) is 1. The number of thioether (sulfide) groups is 1. The fourth-order valence-corrected chi connectivity index (χ4v) is 5.01. The molecule has 1 atom stereocenters. The number of sulfone groups is 1. The van der Waals surface area contributed by atoms with Gasteiger partial charge in [-0.25, -0.2) is 8.42 Å². The summed E-state index contributed by atoms with van der Waals surface area (Å²) >= 11 is 1.80. The molecule has 28 heavy (non-hydrogen) atoms. The SMILES string of the molecule is CN=C(NCCCS(=O)(=O)Cc1ccccc1)NCC(C)Sc1ccccc1. The Bertz CT molecular complexity index is 825. The van der Waals surface area contributed by atoms with Crippen LogP contribution in [0.4, 0.5) is 0 Å². The molecule has 2 aromatic carbocycles. The van der Waals surface area contributed by atoms with E-state index in [0.717, 1.165) is 12.1 Å². The Labute approximate surface area is 173 Å². The summed E-state index contributed by atoms with van der Waals surface area (Å²) in [5.41, 5.74) is 0.831. The predicted molar refractivity (Wildman–Crippen MR) is 120 cm³/mol. The van der Waals surface area contributed by atoms with Crippen molar-refractivity contribution in [3.63, 3.8) is 0 Å². The molecule has 0 aliphatic heterocycles. The monoisotopic (exact) mass is 419 g/mol. The first-order valence-corrected chi connectivity index (χ1v) is 12.1. The van der Waals surface area contributed by atoms with Crippen LogP contribution in [0.15, 0.2) is 70.6 Å². The lowest BCUT2D eigenvalue weighted by Gasteiger charge is -2.16. The van der Waals surface area contributed by atoms with Crippen LogP contribution in [0.25, 0.3) is 0 Å². The maximum absolute atomic E-state index is 12.2. The molecule has 2 rings (SSSR count). The van der Waals surface area contributed by atoms with E-state index in [9.17, 15) is 8.42 Å². The van der Waals surface area contributed by atoms with Crippen molar-refractivity contribution < 1.29 is 8.42 Å². The van der Waals surface area contributed by atoms with Crippen LogP contribution in [-0.2, 0) is 15.6 Å². The van der Waals surface area contributed by atoms with E-state index in [0.29, 0.717) is 24.2 Å². The number of rotatable bonds is 10. The highest BCUT2D eigenvalue weighted by Crippen LogP contribution is 2.21. The highest BCUT2D eigenvalue weighted by Gasteiger charge is 2.12. The second kappa shape index (κ2) is 11.8. The van der Waals surface area contributed by atoms with E-state index in [1.165, 1.54) is 4.90 Å². The van der Waals surface area contributed by atoms with Gasteiger partial charge in [-0.15, -0.1) is 11.8 Å². The van der Waals surface area contributed by atoms with Crippen molar-refractivity contribution in [3.05, 3.63) is 66.2 Å². The first-order valence-electron chi connectivity index (χ1n) is 9.39. The Hall–Kier alpha value is -1.99. The highest BCUT2D eigenvalue weighted by atomic mass is 32.2. The molecule has 0 spiro atoms. The molecular weight excluding hydrogens is 390 g/mol. The lowest BCUT2D eigenvalue weighted by Crippen LogP contribution is -2.40. The van der Waals surface area contributed by atoms with Crippen molar-refractivity contribution in [1.29, 1.82) is 0 Å². The van der Waals surface area contributed by atoms with Gasteiger partial charge in [0.1, 0.15) is 0 Å². The van der Waals surface area contributed by atoms with Gasteiger partial charge in [0.2, 0.25) is 0 Å². The molecule has 2 N–H and O–H groups in total. The third-order valence-electron chi connectivity index (χ3n) is 4.02. The topological polar surface area (TPSA) is 70.6 Å². The molecule has 0 amide bonds. The molecule has 0 fully saturated rings. The number of guanidine groups is 1. The van der Waals surface area contributed by atoms with Crippen LogP contribution in [0.5, 0.6) is 0 Å². The van der Waals surface area contributed by atoms with E-state index in [1.807, 2.05) is 48.5 Å². The summed E-state index contributed by atoms with van der Waals surface area (Å²) < 4.78 is 24.5. The summed E-state index contributed by atoms with van der Waals surface area (Å²) in [7, 11) is -1.38. The van der Waals surface area contributed by atoms with Crippen molar-refractivity contribution in [2.24, 2.45) is 4.99 Å². The largest absolute Gasteiger partial charge is 0.356 e. The van der Waals surface area contributed by atoms with Gasteiger partial charge in [-0.2, -0.15) is 0 Å². The molecule has 0 aromatic heterocycles. The molecule has 0 bridgehead atoms. The third-order valence-corrected chi connectivity index (χ3v) is 6.81. The van der Waals surface area contributed by atoms with Gasteiger partial charge in [-0.05, 0) is 24.1 Å². The Kier molecular flexibility index (Phi) is 9.37. The second-order valence-electron chi connectivity index (χ2n) is 6.55. The van der Waals surface area contributed by atoms with Gasteiger partial charge in [0.05, 0.1) is 11.5 Å². The van der Waals surface area contributed by atoms with E-state index in [-0.39, 0.29) is 11.5 Å². The minimum atomic E-state index is -3.10. The Morgan fingerprint density at radius 3 is 2.32 bits per heavy atom. The van der Waals surface area contributed by atoms with Gasteiger partial charge in [-0.3, -0.25) is 4.99 Å². The van der Waals surface area contributed by atoms with Crippen LogP contribution in [-0.4, -0.2) is 45.5 Å². The van der Waals surface area contributed by atoms with E-state index < -0.39 is 9.84 Å². The summed E-state index contributed by atoms with van der Waals surface area (Å²) in [5, 5.41) is 6.87. The van der Waals surface area contributed by atoms with Gasteiger partial charge in [0.15, 0.2) is 15.8 Å². The molecule has 0 radical (unpaired) electrons. The minimum absolute atomic E-state index is 0.0923. The fraction of sp³-hybridized carbons (Fsp3) is 0.381. The van der Waals surface area contributed by atoms with Gasteiger partial charge >= 0.3 is 0 Å². The predicted octanol–water partition coefficient (Wildman–Crippen LogP) is 3.34. The summed E-state index contributed by atoms with van der Waals surface area (Å²) in [6, 6.07) is 19.6. The smallest absolute Gasteiger partial charge is 0.191 e. The van der Waals surface area contributed by atoms with Crippen LogP contribution in [0.1, 0.15) is 18.9 Å². The maximum atomic E-state index is 12.2. The van der Waals surface area contributed by atoms with Crippen LogP contribution in [0.2, 0.25) is 0 Å². The van der Waals surface area contributed by atoms with Crippen LogP contribution < -0.4 is 10.6 Å². The second-order valence-corrected chi connectivity index (χ2v) is 10.2. The van der Waals surface area contributed by atoms with Crippen molar-refractivity contribution in [3.8, 4) is 0 Å². The van der Waals surface area contributed by atoms with E-state index in [1.54, 1.807) is 18.8 Å². The van der Waals surface area contributed by atoms with Crippen LogP contribution in [0.3, 0.4) is 0 Å². The molecule has 1 unspecified atom stereocenters. The molecule has 152 valence electrons.